The fourth-order valence-electron chi connectivity index (χ4n) is 1.87. The maximum atomic E-state index is 13.1. The minimum atomic E-state index is -0.254. The Labute approximate surface area is 121 Å². The predicted octanol–water partition coefficient (Wildman–Crippen LogP) is 3.13. The molecule has 2 aromatic rings. The summed E-state index contributed by atoms with van der Waals surface area (Å²) in [6.45, 7) is 0. The molecule has 2 nitrogen and oxygen atoms in total. The van der Waals surface area contributed by atoms with E-state index in [1.807, 2.05) is 12.1 Å². The van der Waals surface area contributed by atoms with E-state index in [2.05, 4.69) is 5.43 Å². The van der Waals surface area contributed by atoms with Crippen LogP contribution in [0, 0.1) is 11.6 Å². The minimum Gasteiger partial charge on any atom is -0.271 e. The van der Waals surface area contributed by atoms with E-state index in [9.17, 15) is 8.78 Å². The van der Waals surface area contributed by atoms with Gasteiger partial charge in [-0.05, 0) is 42.3 Å². The van der Waals surface area contributed by atoms with Gasteiger partial charge in [-0.2, -0.15) is 0 Å². The fraction of sp³-hybridized carbons (Fsp3) is 0.200. The third kappa shape index (κ3) is 4.59. The zero-order chi connectivity index (χ0) is 14.4. The van der Waals surface area contributed by atoms with Crippen LogP contribution in [0.25, 0.3) is 0 Å². The molecule has 20 heavy (non-hydrogen) atoms. The van der Waals surface area contributed by atoms with Gasteiger partial charge in [0.05, 0.1) is 0 Å². The molecule has 0 spiro atoms. The van der Waals surface area contributed by atoms with Gasteiger partial charge in [0.2, 0.25) is 0 Å². The smallest absolute Gasteiger partial charge is 0.124 e. The molecule has 0 aliphatic carbocycles. The maximum Gasteiger partial charge on any atom is 0.124 e. The molecule has 106 valence electrons. The van der Waals surface area contributed by atoms with Gasteiger partial charge in [-0.15, -0.1) is 11.8 Å². The van der Waals surface area contributed by atoms with Crippen LogP contribution in [0.1, 0.15) is 5.56 Å². The van der Waals surface area contributed by atoms with Crippen molar-refractivity contribution in [3.05, 3.63) is 65.7 Å². The molecule has 3 N–H and O–H groups in total. The summed E-state index contributed by atoms with van der Waals surface area (Å²) in [6.07, 6.45) is 0.622. The molecule has 0 heterocycles. The number of nitrogens with one attached hydrogen (secondary N) is 1. The lowest BCUT2D eigenvalue weighted by Gasteiger charge is -2.15. The van der Waals surface area contributed by atoms with E-state index in [0.29, 0.717) is 12.2 Å². The summed E-state index contributed by atoms with van der Waals surface area (Å²) >= 11 is 1.51. The van der Waals surface area contributed by atoms with Crippen LogP contribution in [-0.4, -0.2) is 11.8 Å². The molecule has 0 saturated carbocycles. The van der Waals surface area contributed by atoms with Crippen molar-refractivity contribution >= 4 is 11.8 Å². The molecule has 0 bridgehead atoms. The van der Waals surface area contributed by atoms with Crippen molar-refractivity contribution < 1.29 is 8.78 Å². The van der Waals surface area contributed by atoms with Crippen molar-refractivity contribution in [3.63, 3.8) is 0 Å². The monoisotopic (exact) mass is 294 g/mol. The summed E-state index contributed by atoms with van der Waals surface area (Å²) in [5, 5.41) is 0. The van der Waals surface area contributed by atoms with Crippen LogP contribution in [0.5, 0.6) is 0 Å². The van der Waals surface area contributed by atoms with Crippen LogP contribution in [-0.2, 0) is 6.42 Å². The van der Waals surface area contributed by atoms with Gasteiger partial charge in [0.1, 0.15) is 11.6 Å². The number of thioether (sulfide) groups is 1. The second kappa shape index (κ2) is 7.38. The average molecular weight is 294 g/mol. The predicted molar refractivity (Wildman–Crippen MR) is 78.3 cm³/mol. The largest absolute Gasteiger partial charge is 0.271 e. The van der Waals surface area contributed by atoms with Crippen molar-refractivity contribution in [2.75, 3.05) is 5.75 Å². The van der Waals surface area contributed by atoms with Crippen molar-refractivity contribution in [1.82, 2.24) is 5.43 Å². The number of halogens is 2. The summed E-state index contributed by atoms with van der Waals surface area (Å²) in [5.41, 5.74) is 3.60. The molecule has 2 rings (SSSR count). The van der Waals surface area contributed by atoms with E-state index in [1.165, 1.54) is 36.0 Å². The quantitative estimate of drug-likeness (QED) is 0.488. The van der Waals surface area contributed by atoms with Crippen LogP contribution in [0.15, 0.2) is 53.4 Å². The van der Waals surface area contributed by atoms with Gasteiger partial charge in [-0.1, -0.05) is 18.2 Å². The number of benzene rings is 2. The standard InChI is InChI=1S/C15H16F2N2S/c16-12-4-1-3-11(7-12)8-14(19-18)10-20-15-6-2-5-13(17)9-15/h1-7,9,14,19H,8,10,18H2. The maximum absolute atomic E-state index is 13.1. The van der Waals surface area contributed by atoms with Crippen molar-refractivity contribution in [2.24, 2.45) is 5.84 Å². The van der Waals surface area contributed by atoms with Crippen LogP contribution in [0.4, 0.5) is 8.78 Å². The summed E-state index contributed by atoms with van der Waals surface area (Å²) < 4.78 is 26.2. The summed E-state index contributed by atoms with van der Waals surface area (Å²) in [7, 11) is 0. The van der Waals surface area contributed by atoms with Gasteiger partial charge in [0.25, 0.3) is 0 Å². The molecular weight excluding hydrogens is 278 g/mol. The average Bonchev–Trinajstić information content (AvgIpc) is 2.43. The Hall–Kier alpha value is -1.43. The molecule has 1 atom stereocenters. The van der Waals surface area contributed by atoms with E-state index < -0.39 is 0 Å². The molecule has 2 aromatic carbocycles. The molecular formula is C15H16F2N2S. The van der Waals surface area contributed by atoms with Gasteiger partial charge in [0.15, 0.2) is 0 Å². The number of hydrogen-bond acceptors (Lipinski definition) is 3. The Morgan fingerprint density at radius 1 is 1.05 bits per heavy atom. The first-order chi connectivity index (χ1) is 9.67. The van der Waals surface area contributed by atoms with Crippen LogP contribution >= 0.6 is 11.8 Å². The van der Waals surface area contributed by atoms with Gasteiger partial charge >= 0.3 is 0 Å². The molecule has 0 aromatic heterocycles. The zero-order valence-electron chi connectivity index (χ0n) is 10.9. The highest BCUT2D eigenvalue weighted by molar-refractivity contribution is 7.99. The first-order valence-electron chi connectivity index (χ1n) is 6.26. The highest BCUT2D eigenvalue weighted by Crippen LogP contribution is 2.20. The van der Waals surface area contributed by atoms with Gasteiger partial charge in [0, 0.05) is 16.7 Å². The third-order valence-electron chi connectivity index (χ3n) is 2.85. The van der Waals surface area contributed by atoms with Crippen LogP contribution in [0.2, 0.25) is 0 Å². The van der Waals surface area contributed by atoms with Gasteiger partial charge < -0.3 is 0 Å². The van der Waals surface area contributed by atoms with Crippen LogP contribution in [0.3, 0.4) is 0 Å². The lowest BCUT2D eigenvalue weighted by molar-refractivity contribution is 0.570. The Morgan fingerprint density at radius 3 is 2.40 bits per heavy atom. The molecule has 0 aliphatic heterocycles. The first-order valence-corrected chi connectivity index (χ1v) is 7.25. The molecule has 0 fully saturated rings. The van der Waals surface area contributed by atoms with Crippen molar-refractivity contribution in [1.29, 1.82) is 0 Å². The van der Waals surface area contributed by atoms with Crippen LogP contribution < -0.4 is 11.3 Å². The molecule has 5 heteroatoms. The van der Waals surface area contributed by atoms with E-state index >= 15 is 0 Å². The fourth-order valence-corrected chi connectivity index (χ4v) is 2.85. The molecule has 1 unspecified atom stereocenters. The van der Waals surface area contributed by atoms with E-state index in [-0.39, 0.29) is 17.7 Å². The normalized spacial score (nSPS) is 12.3. The van der Waals surface area contributed by atoms with Crippen molar-refractivity contribution in [3.8, 4) is 0 Å². The molecule has 0 saturated heterocycles. The highest BCUT2D eigenvalue weighted by atomic mass is 32.2. The Balaban J connectivity index is 1.92. The second-order valence-corrected chi connectivity index (χ2v) is 5.56. The topological polar surface area (TPSA) is 38.0 Å². The van der Waals surface area contributed by atoms with E-state index in [0.717, 1.165) is 10.5 Å². The van der Waals surface area contributed by atoms with Crippen molar-refractivity contribution in [2.45, 2.75) is 17.4 Å². The van der Waals surface area contributed by atoms with Gasteiger partial charge in [-0.3, -0.25) is 11.3 Å². The van der Waals surface area contributed by atoms with E-state index in [1.54, 1.807) is 12.1 Å². The molecule has 0 radical (unpaired) electrons. The SMILES string of the molecule is NNC(CSc1cccc(F)c1)Cc1cccc(F)c1. The highest BCUT2D eigenvalue weighted by Gasteiger charge is 2.09. The Kier molecular flexibility index (Phi) is 5.52. The van der Waals surface area contributed by atoms with E-state index in [4.69, 9.17) is 5.84 Å². The summed E-state index contributed by atoms with van der Waals surface area (Å²) in [4.78, 5) is 0.851. The lowest BCUT2D eigenvalue weighted by atomic mass is 10.1. The summed E-state index contributed by atoms with van der Waals surface area (Å²) in [5.74, 6) is 5.69. The number of hydrogen-bond donors (Lipinski definition) is 2. The van der Waals surface area contributed by atoms with Gasteiger partial charge in [-0.25, -0.2) is 8.78 Å². The third-order valence-corrected chi connectivity index (χ3v) is 4.01. The molecule has 0 aliphatic rings. The zero-order valence-corrected chi connectivity index (χ0v) is 11.7. The Bertz CT molecular complexity index is 563. The number of nitrogens with two attached hydrogens (primary N) is 1. The Morgan fingerprint density at radius 2 is 1.75 bits per heavy atom. The molecule has 0 amide bonds. The first kappa shape index (κ1) is 15.0. The number of rotatable bonds is 6. The minimum absolute atomic E-state index is 0.00920. The second-order valence-electron chi connectivity index (χ2n) is 4.47. The number of hydrazine groups is 1. The summed E-state index contributed by atoms with van der Waals surface area (Å²) in [6, 6.07) is 12.9. The lowest BCUT2D eigenvalue weighted by Crippen LogP contribution is -2.38.